The molecule has 4 heteroatoms. The molecule has 0 aliphatic heterocycles. The summed E-state index contributed by atoms with van der Waals surface area (Å²) in [6.07, 6.45) is 3.55. The molecule has 94 valence electrons. The van der Waals surface area contributed by atoms with Gasteiger partial charge in [0.25, 0.3) is 0 Å². The van der Waals surface area contributed by atoms with Crippen molar-refractivity contribution in [2.75, 3.05) is 12.3 Å². The number of anilines is 1. The highest BCUT2D eigenvalue weighted by Crippen LogP contribution is 2.10. The van der Waals surface area contributed by atoms with Gasteiger partial charge in [-0.05, 0) is 30.3 Å². The first-order valence-electron chi connectivity index (χ1n) is 6.10. The van der Waals surface area contributed by atoms with Crippen molar-refractivity contribution >= 4 is 5.69 Å². The molecule has 18 heavy (non-hydrogen) atoms. The maximum absolute atomic E-state index is 5.79. The molecular formula is C14H18N4. The third-order valence-corrected chi connectivity index (χ3v) is 2.79. The highest BCUT2D eigenvalue weighted by atomic mass is 15.1. The van der Waals surface area contributed by atoms with Crippen LogP contribution in [0.2, 0.25) is 0 Å². The summed E-state index contributed by atoms with van der Waals surface area (Å²) < 4.78 is 0. The number of rotatable bonds is 5. The van der Waals surface area contributed by atoms with Crippen LogP contribution in [0.25, 0.3) is 0 Å². The van der Waals surface area contributed by atoms with Gasteiger partial charge in [-0.25, -0.2) is 9.97 Å². The highest BCUT2D eigenvalue weighted by molar-refractivity contribution is 5.40. The first-order chi connectivity index (χ1) is 8.78. The van der Waals surface area contributed by atoms with Crippen molar-refractivity contribution < 1.29 is 0 Å². The molecule has 0 spiro atoms. The predicted octanol–water partition coefficient (Wildman–Crippen LogP) is 2.08. The van der Waals surface area contributed by atoms with Crippen molar-refractivity contribution in [2.45, 2.75) is 20.0 Å². The number of nitrogens with two attached hydrogens (primary N) is 1. The van der Waals surface area contributed by atoms with Gasteiger partial charge in [-0.1, -0.05) is 19.1 Å². The number of nitrogens with zero attached hydrogens (tertiary/aromatic N) is 3. The van der Waals surface area contributed by atoms with E-state index >= 15 is 0 Å². The van der Waals surface area contributed by atoms with Gasteiger partial charge in [-0.15, -0.1) is 0 Å². The fourth-order valence-corrected chi connectivity index (χ4v) is 1.84. The van der Waals surface area contributed by atoms with E-state index in [0.717, 1.165) is 31.1 Å². The molecular weight excluding hydrogens is 224 g/mol. The van der Waals surface area contributed by atoms with Crippen LogP contribution < -0.4 is 5.73 Å². The molecule has 1 heterocycles. The summed E-state index contributed by atoms with van der Waals surface area (Å²) in [5.41, 5.74) is 7.81. The number of hydrogen-bond donors (Lipinski definition) is 1. The first kappa shape index (κ1) is 12.5. The van der Waals surface area contributed by atoms with Crippen molar-refractivity contribution in [3.63, 3.8) is 0 Å². The zero-order valence-corrected chi connectivity index (χ0v) is 10.6. The Morgan fingerprint density at radius 1 is 1.11 bits per heavy atom. The smallest absolute Gasteiger partial charge is 0.142 e. The van der Waals surface area contributed by atoms with Gasteiger partial charge in [-0.2, -0.15) is 0 Å². The maximum atomic E-state index is 5.79. The van der Waals surface area contributed by atoms with Crippen molar-refractivity contribution in [1.29, 1.82) is 0 Å². The summed E-state index contributed by atoms with van der Waals surface area (Å²) in [4.78, 5) is 10.8. The summed E-state index contributed by atoms with van der Waals surface area (Å²) in [5, 5.41) is 0. The molecule has 0 unspecified atom stereocenters. The van der Waals surface area contributed by atoms with E-state index < -0.39 is 0 Å². The van der Waals surface area contributed by atoms with Crippen LogP contribution >= 0.6 is 0 Å². The number of nitrogen functional groups attached to an aromatic ring is 1. The molecule has 2 N–H and O–H groups in total. The third kappa shape index (κ3) is 3.53. The fourth-order valence-electron chi connectivity index (χ4n) is 1.84. The Kier molecular flexibility index (Phi) is 4.25. The van der Waals surface area contributed by atoms with Gasteiger partial charge < -0.3 is 5.73 Å². The van der Waals surface area contributed by atoms with Crippen LogP contribution in [0.15, 0.2) is 42.7 Å². The molecule has 0 bridgehead atoms. The zero-order chi connectivity index (χ0) is 12.8. The van der Waals surface area contributed by atoms with E-state index in [9.17, 15) is 0 Å². The summed E-state index contributed by atoms with van der Waals surface area (Å²) in [5.74, 6) is 0.850. The molecule has 4 nitrogen and oxygen atoms in total. The van der Waals surface area contributed by atoms with Crippen molar-refractivity contribution in [3.8, 4) is 0 Å². The van der Waals surface area contributed by atoms with Crippen LogP contribution in [0.3, 0.4) is 0 Å². The van der Waals surface area contributed by atoms with E-state index in [1.165, 1.54) is 5.56 Å². The lowest BCUT2D eigenvalue weighted by Crippen LogP contribution is -2.23. The molecule has 0 aliphatic rings. The van der Waals surface area contributed by atoms with E-state index in [2.05, 4.69) is 27.9 Å². The zero-order valence-electron chi connectivity index (χ0n) is 10.6. The van der Waals surface area contributed by atoms with Crippen LogP contribution in [-0.4, -0.2) is 21.4 Å². The molecule has 1 aromatic carbocycles. The normalized spacial score (nSPS) is 10.8. The monoisotopic (exact) mass is 242 g/mol. The Bertz CT molecular complexity index is 484. The van der Waals surface area contributed by atoms with E-state index in [1.807, 2.05) is 24.3 Å². The lowest BCUT2D eigenvalue weighted by molar-refractivity contribution is 0.264. The summed E-state index contributed by atoms with van der Waals surface area (Å²) in [7, 11) is 0. The van der Waals surface area contributed by atoms with Crippen molar-refractivity contribution in [1.82, 2.24) is 14.9 Å². The second kappa shape index (κ2) is 6.12. The number of aromatic nitrogens is 2. The Morgan fingerprint density at radius 3 is 2.56 bits per heavy atom. The number of hydrogen-bond acceptors (Lipinski definition) is 4. The molecule has 0 aliphatic carbocycles. The summed E-state index contributed by atoms with van der Waals surface area (Å²) in [6.45, 7) is 4.70. The Labute approximate surface area is 107 Å². The Hall–Kier alpha value is -1.94. The molecule has 0 saturated heterocycles. The maximum Gasteiger partial charge on any atom is 0.142 e. The molecule has 1 aromatic heterocycles. The Balaban J connectivity index is 2.01. The molecule has 0 fully saturated rings. The SMILES string of the molecule is CCN(Cc1cccc(N)c1)Cc1ncccn1. The van der Waals surface area contributed by atoms with Gasteiger partial charge in [0, 0.05) is 24.6 Å². The molecule has 0 saturated carbocycles. The van der Waals surface area contributed by atoms with E-state index in [4.69, 9.17) is 5.73 Å². The molecule has 2 rings (SSSR count). The topological polar surface area (TPSA) is 55.0 Å². The minimum atomic E-state index is 0.756. The van der Waals surface area contributed by atoms with Crippen LogP contribution in [0.1, 0.15) is 18.3 Å². The van der Waals surface area contributed by atoms with E-state index in [0.29, 0.717) is 0 Å². The standard InChI is InChI=1S/C14H18N4/c1-2-18(11-14-16-7-4-8-17-14)10-12-5-3-6-13(15)9-12/h3-9H,2,10-11,15H2,1H3. The molecule has 0 atom stereocenters. The largest absolute Gasteiger partial charge is 0.399 e. The summed E-state index contributed by atoms with van der Waals surface area (Å²) >= 11 is 0. The first-order valence-corrected chi connectivity index (χ1v) is 6.10. The van der Waals surface area contributed by atoms with E-state index in [1.54, 1.807) is 12.4 Å². The fraction of sp³-hybridized carbons (Fsp3) is 0.286. The third-order valence-electron chi connectivity index (χ3n) is 2.79. The minimum absolute atomic E-state index is 0.756. The average molecular weight is 242 g/mol. The van der Waals surface area contributed by atoms with Crippen molar-refractivity contribution in [3.05, 3.63) is 54.1 Å². The Morgan fingerprint density at radius 2 is 1.89 bits per heavy atom. The molecule has 2 aromatic rings. The summed E-state index contributed by atoms with van der Waals surface area (Å²) in [6, 6.07) is 9.81. The van der Waals surface area contributed by atoms with Crippen molar-refractivity contribution in [2.24, 2.45) is 0 Å². The molecule has 0 radical (unpaired) electrons. The lowest BCUT2D eigenvalue weighted by atomic mass is 10.2. The predicted molar refractivity (Wildman–Crippen MR) is 72.7 cm³/mol. The van der Waals surface area contributed by atoms with Crippen LogP contribution in [0.4, 0.5) is 5.69 Å². The number of benzene rings is 1. The minimum Gasteiger partial charge on any atom is -0.399 e. The second-order valence-corrected chi connectivity index (χ2v) is 4.21. The van der Waals surface area contributed by atoms with Gasteiger partial charge in [0.2, 0.25) is 0 Å². The van der Waals surface area contributed by atoms with Gasteiger partial charge in [0.05, 0.1) is 6.54 Å². The highest BCUT2D eigenvalue weighted by Gasteiger charge is 2.06. The van der Waals surface area contributed by atoms with Gasteiger partial charge in [0.1, 0.15) is 5.82 Å². The average Bonchev–Trinajstić information content (AvgIpc) is 2.39. The van der Waals surface area contributed by atoms with Crippen LogP contribution in [0, 0.1) is 0 Å². The van der Waals surface area contributed by atoms with E-state index in [-0.39, 0.29) is 0 Å². The lowest BCUT2D eigenvalue weighted by Gasteiger charge is -2.19. The van der Waals surface area contributed by atoms with Crippen LogP contribution in [-0.2, 0) is 13.1 Å². The molecule has 0 amide bonds. The second-order valence-electron chi connectivity index (χ2n) is 4.21. The van der Waals surface area contributed by atoms with Gasteiger partial charge in [-0.3, -0.25) is 4.90 Å². The quantitative estimate of drug-likeness (QED) is 0.816. The van der Waals surface area contributed by atoms with Gasteiger partial charge in [0.15, 0.2) is 0 Å². The van der Waals surface area contributed by atoms with Gasteiger partial charge >= 0.3 is 0 Å². The van der Waals surface area contributed by atoms with Crippen LogP contribution in [0.5, 0.6) is 0 Å².